The normalized spacial score (nSPS) is 12.0. The Morgan fingerprint density at radius 1 is 0.974 bits per heavy atom. The van der Waals surface area contributed by atoms with Crippen molar-refractivity contribution in [3.63, 3.8) is 0 Å². The zero-order valence-corrected chi connectivity index (χ0v) is 24.6. The first-order valence-corrected chi connectivity index (χ1v) is 15.1. The summed E-state index contributed by atoms with van der Waals surface area (Å²) in [5, 5.41) is 3.28. The molecule has 0 saturated heterocycles. The molecule has 0 aliphatic carbocycles. The van der Waals surface area contributed by atoms with Gasteiger partial charge in [-0.25, -0.2) is 8.42 Å². The van der Waals surface area contributed by atoms with E-state index in [4.69, 9.17) is 23.2 Å². The van der Waals surface area contributed by atoms with Crippen LogP contribution in [0.4, 0.5) is 5.69 Å². The first kappa shape index (κ1) is 30.5. The van der Waals surface area contributed by atoms with Gasteiger partial charge in [-0.15, -0.1) is 0 Å². The third kappa shape index (κ3) is 8.46. The van der Waals surface area contributed by atoms with Gasteiger partial charge in [-0.05, 0) is 48.2 Å². The number of aryl methyl sites for hydroxylation is 1. The molecule has 2 amide bonds. The number of amides is 2. The van der Waals surface area contributed by atoms with Gasteiger partial charge in [-0.3, -0.25) is 13.9 Å². The molecule has 208 valence electrons. The first-order chi connectivity index (χ1) is 18.5. The van der Waals surface area contributed by atoms with Crippen LogP contribution in [-0.4, -0.2) is 51.0 Å². The average molecular weight is 591 g/mol. The van der Waals surface area contributed by atoms with Crippen LogP contribution in [-0.2, 0) is 32.6 Å². The quantitative estimate of drug-likeness (QED) is 0.313. The molecule has 0 spiro atoms. The van der Waals surface area contributed by atoms with Crippen molar-refractivity contribution in [1.29, 1.82) is 0 Å². The molecule has 0 radical (unpaired) electrons. The van der Waals surface area contributed by atoms with Gasteiger partial charge in [0.2, 0.25) is 21.8 Å². The fourth-order valence-corrected chi connectivity index (χ4v) is 5.76. The van der Waals surface area contributed by atoms with E-state index in [1.165, 1.54) is 12.1 Å². The number of hydrogen-bond donors (Lipinski definition) is 1. The van der Waals surface area contributed by atoms with Gasteiger partial charge in [0.25, 0.3) is 0 Å². The largest absolute Gasteiger partial charge is 0.357 e. The second kappa shape index (κ2) is 13.8. The maximum atomic E-state index is 13.7. The summed E-state index contributed by atoms with van der Waals surface area (Å²) in [6.07, 6.45) is 1.66. The summed E-state index contributed by atoms with van der Waals surface area (Å²) in [6.45, 7) is 2.22. The predicted octanol–water partition coefficient (Wildman–Crippen LogP) is 5.23. The highest BCUT2D eigenvalue weighted by molar-refractivity contribution is 7.92. The van der Waals surface area contributed by atoms with Crippen LogP contribution in [0.2, 0.25) is 10.0 Å². The number of nitrogens with zero attached hydrogens (tertiary/aromatic N) is 2. The van der Waals surface area contributed by atoms with Crippen LogP contribution in [0.15, 0.2) is 72.8 Å². The molecule has 0 aliphatic heterocycles. The van der Waals surface area contributed by atoms with Crippen LogP contribution < -0.4 is 9.62 Å². The topological polar surface area (TPSA) is 86.8 Å². The van der Waals surface area contributed by atoms with Crippen molar-refractivity contribution < 1.29 is 18.0 Å². The molecule has 0 aliphatic rings. The summed E-state index contributed by atoms with van der Waals surface area (Å²) < 4.78 is 26.4. The van der Waals surface area contributed by atoms with Crippen LogP contribution >= 0.6 is 23.2 Å². The highest BCUT2D eigenvalue weighted by atomic mass is 35.5. The zero-order valence-electron chi connectivity index (χ0n) is 22.2. The van der Waals surface area contributed by atoms with Crippen LogP contribution in [0.25, 0.3) is 0 Å². The van der Waals surface area contributed by atoms with E-state index >= 15 is 0 Å². The molecule has 3 aromatic carbocycles. The molecule has 1 atom stereocenters. The summed E-state index contributed by atoms with van der Waals surface area (Å²) in [5.41, 5.74) is 3.11. The van der Waals surface area contributed by atoms with Gasteiger partial charge in [0.05, 0.1) is 17.0 Å². The van der Waals surface area contributed by atoms with E-state index in [0.29, 0.717) is 11.4 Å². The monoisotopic (exact) mass is 589 g/mol. The van der Waals surface area contributed by atoms with Crippen molar-refractivity contribution >= 4 is 50.7 Å². The summed E-state index contributed by atoms with van der Waals surface area (Å²) in [5.74, 6) is -0.530. The number of rotatable bonds is 12. The lowest BCUT2D eigenvalue weighted by Gasteiger charge is -2.32. The fourth-order valence-electron chi connectivity index (χ4n) is 4.35. The van der Waals surface area contributed by atoms with Gasteiger partial charge in [0.15, 0.2) is 0 Å². The Morgan fingerprint density at radius 2 is 1.64 bits per heavy atom. The smallest absolute Gasteiger partial charge is 0.242 e. The van der Waals surface area contributed by atoms with E-state index < -0.39 is 16.1 Å². The van der Waals surface area contributed by atoms with E-state index in [0.717, 1.165) is 27.3 Å². The van der Waals surface area contributed by atoms with Crippen LogP contribution in [0.3, 0.4) is 0 Å². The number of halogens is 2. The van der Waals surface area contributed by atoms with Crippen LogP contribution in [0.1, 0.15) is 29.5 Å². The van der Waals surface area contributed by atoms with Crippen molar-refractivity contribution in [2.24, 2.45) is 0 Å². The van der Waals surface area contributed by atoms with Crippen molar-refractivity contribution in [3.05, 3.63) is 99.5 Å². The molecule has 3 rings (SSSR count). The molecular formula is C29H33Cl2N3O4S. The summed E-state index contributed by atoms with van der Waals surface area (Å²) >= 11 is 12.4. The Balaban J connectivity index is 1.87. The first-order valence-electron chi connectivity index (χ1n) is 12.5. The molecule has 0 heterocycles. The Bertz CT molecular complexity index is 1400. The molecule has 7 nitrogen and oxygen atoms in total. The minimum Gasteiger partial charge on any atom is -0.357 e. The number of sulfonamides is 1. The number of likely N-dealkylation sites (N-methyl/N-ethyl adjacent to an activating group) is 1. The third-order valence-electron chi connectivity index (χ3n) is 6.45. The zero-order chi connectivity index (χ0) is 28.6. The molecular weight excluding hydrogens is 557 g/mol. The Morgan fingerprint density at radius 3 is 2.28 bits per heavy atom. The lowest BCUT2D eigenvalue weighted by Crippen LogP contribution is -2.50. The van der Waals surface area contributed by atoms with E-state index in [2.05, 4.69) is 5.32 Å². The number of benzene rings is 3. The van der Waals surface area contributed by atoms with Crippen molar-refractivity contribution in [2.75, 3.05) is 24.2 Å². The average Bonchev–Trinajstić information content (AvgIpc) is 2.90. The maximum Gasteiger partial charge on any atom is 0.242 e. The molecule has 0 fully saturated rings. The van der Waals surface area contributed by atoms with Gasteiger partial charge >= 0.3 is 0 Å². The van der Waals surface area contributed by atoms with E-state index in [-0.39, 0.29) is 48.5 Å². The van der Waals surface area contributed by atoms with E-state index in [1.807, 2.05) is 61.5 Å². The number of hydrogen-bond acceptors (Lipinski definition) is 4. The van der Waals surface area contributed by atoms with Gasteiger partial charge in [-0.2, -0.15) is 0 Å². The standard InChI is InChI=1S/C29H33Cl2N3O4S/c1-21-10-7-8-13-23(21)20-33(27(29(36)32-2)18-22-11-5-4-6-12-22)28(35)14-9-17-34(39(3,37)38)26-19-24(30)15-16-25(26)31/h4-8,10-13,15-16,19,27H,9,14,17-18,20H2,1-3H3,(H,32,36)/t27-/m0/s1. The molecule has 0 aromatic heterocycles. The second-order valence-electron chi connectivity index (χ2n) is 9.30. The number of carbonyl (C=O) groups excluding carboxylic acids is 2. The van der Waals surface area contributed by atoms with Gasteiger partial charge in [0.1, 0.15) is 6.04 Å². The molecule has 0 saturated carbocycles. The van der Waals surface area contributed by atoms with E-state index in [1.54, 1.807) is 18.0 Å². The highest BCUT2D eigenvalue weighted by Crippen LogP contribution is 2.31. The maximum absolute atomic E-state index is 13.7. The summed E-state index contributed by atoms with van der Waals surface area (Å²) in [4.78, 5) is 28.4. The number of carbonyl (C=O) groups is 2. The number of nitrogens with one attached hydrogen (secondary N) is 1. The molecule has 39 heavy (non-hydrogen) atoms. The third-order valence-corrected chi connectivity index (χ3v) is 8.18. The minimum atomic E-state index is -3.70. The van der Waals surface area contributed by atoms with Crippen LogP contribution in [0, 0.1) is 6.92 Å². The summed E-state index contributed by atoms with van der Waals surface area (Å²) in [7, 11) is -2.15. The minimum absolute atomic E-state index is 0.0200. The van der Waals surface area contributed by atoms with E-state index in [9.17, 15) is 18.0 Å². The Labute approximate surface area is 240 Å². The summed E-state index contributed by atoms with van der Waals surface area (Å²) in [6, 6.07) is 21.1. The van der Waals surface area contributed by atoms with Gasteiger partial charge in [-0.1, -0.05) is 77.8 Å². The molecule has 10 heteroatoms. The molecule has 0 bridgehead atoms. The highest BCUT2D eigenvalue weighted by Gasteiger charge is 2.30. The Kier molecular flexibility index (Phi) is 10.8. The predicted molar refractivity (Wildman–Crippen MR) is 158 cm³/mol. The van der Waals surface area contributed by atoms with Crippen molar-refractivity contribution in [3.8, 4) is 0 Å². The lowest BCUT2D eigenvalue weighted by atomic mass is 10.0. The fraction of sp³-hybridized carbons (Fsp3) is 0.310. The van der Waals surface area contributed by atoms with Crippen LogP contribution in [0.5, 0.6) is 0 Å². The number of anilines is 1. The molecule has 1 N–H and O–H groups in total. The lowest BCUT2D eigenvalue weighted by molar-refractivity contribution is -0.141. The SMILES string of the molecule is CNC(=O)[C@H](Cc1ccccc1)N(Cc1ccccc1C)C(=O)CCCN(c1cc(Cl)ccc1Cl)S(C)(=O)=O. The molecule has 0 unspecified atom stereocenters. The van der Waals surface area contributed by atoms with Crippen molar-refractivity contribution in [1.82, 2.24) is 10.2 Å². The molecule has 3 aromatic rings. The van der Waals surface area contributed by atoms with Crippen molar-refractivity contribution in [2.45, 2.75) is 38.8 Å². The Hall–Kier alpha value is -3.07. The van der Waals surface area contributed by atoms with Gasteiger partial charge < -0.3 is 10.2 Å². The van der Waals surface area contributed by atoms with Gasteiger partial charge in [0, 0.05) is 38.0 Å². The second-order valence-corrected chi connectivity index (χ2v) is 12.1.